The van der Waals surface area contributed by atoms with Crippen LogP contribution >= 0.6 is 0 Å². The molecule has 1 aliphatic carbocycles. The van der Waals surface area contributed by atoms with E-state index < -0.39 is 0 Å². The van der Waals surface area contributed by atoms with E-state index in [9.17, 15) is 5.11 Å². The first-order valence-electron chi connectivity index (χ1n) is 6.75. The zero-order valence-electron chi connectivity index (χ0n) is 10.9. The first kappa shape index (κ1) is 13.9. The minimum absolute atomic E-state index is 0.354. The van der Waals surface area contributed by atoms with Gasteiger partial charge in [0.05, 0.1) is 6.10 Å². The summed E-state index contributed by atoms with van der Waals surface area (Å²) in [5.74, 6) is 0.735. The van der Waals surface area contributed by atoms with Crippen LogP contribution in [0, 0.1) is 5.92 Å². The van der Waals surface area contributed by atoms with Crippen LogP contribution in [-0.4, -0.2) is 41.8 Å². The summed E-state index contributed by atoms with van der Waals surface area (Å²) in [7, 11) is 0. The molecule has 0 aromatic heterocycles. The van der Waals surface area contributed by atoms with Crippen LogP contribution in [0.4, 0.5) is 0 Å². The quantitative estimate of drug-likeness (QED) is 0.696. The third kappa shape index (κ3) is 4.81. The maximum absolute atomic E-state index is 9.69. The van der Waals surface area contributed by atoms with Gasteiger partial charge in [-0.3, -0.25) is 4.90 Å². The molecule has 16 heavy (non-hydrogen) atoms. The molecule has 0 aliphatic heterocycles. The Bertz CT molecular complexity index is 179. The number of aliphatic hydroxyl groups excluding tert-OH is 1. The second kappa shape index (κ2) is 7.25. The van der Waals surface area contributed by atoms with Crippen molar-refractivity contribution in [1.29, 1.82) is 0 Å². The van der Waals surface area contributed by atoms with Crippen molar-refractivity contribution in [2.45, 2.75) is 58.1 Å². The van der Waals surface area contributed by atoms with Crippen LogP contribution < -0.4 is 5.73 Å². The SMILES string of the molecule is CC(C)CCN(CC(O)CN)C1CCCC1. The number of hydrogen-bond donors (Lipinski definition) is 2. The minimum Gasteiger partial charge on any atom is -0.390 e. The van der Waals surface area contributed by atoms with E-state index in [4.69, 9.17) is 5.73 Å². The molecule has 0 heterocycles. The van der Waals surface area contributed by atoms with Gasteiger partial charge in [0.1, 0.15) is 0 Å². The van der Waals surface area contributed by atoms with Crippen molar-refractivity contribution in [2.75, 3.05) is 19.6 Å². The smallest absolute Gasteiger partial charge is 0.0789 e. The molecule has 1 rings (SSSR count). The van der Waals surface area contributed by atoms with Gasteiger partial charge in [0, 0.05) is 19.1 Å². The lowest BCUT2D eigenvalue weighted by Crippen LogP contribution is -2.42. The Morgan fingerprint density at radius 3 is 2.44 bits per heavy atom. The lowest BCUT2D eigenvalue weighted by molar-refractivity contribution is 0.0892. The molecule has 0 aromatic rings. The minimum atomic E-state index is -0.354. The monoisotopic (exact) mass is 228 g/mol. The molecule has 1 atom stereocenters. The summed E-state index contributed by atoms with van der Waals surface area (Å²) in [6.07, 6.45) is 6.16. The maximum Gasteiger partial charge on any atom is 0.0789 e. The van der Waals surface area contributed by atoms with E-state index in [-0.39, 0.29) is 6.10 Å². The van der Waals surface area contributed by atoms with E-state index in [1.54, 1.807) is 0 Å². The van der Waals surface area contributed by atoms with Gasteiger partial charge >= 0.3 is 0 Å². The highest BCUT2D eigenvalue weighted by Gasteiger charge is 2.23. The van der Waals surface area contributed by atoms with E-state index >= 15 is 0 Å². The molecule has 0 aromatic carbocycles. The van der Waals surface area contributed by atoms with Crippen molar-refractivity contribution in [3.8, 4) is 0 Å². The molecule has 0 saturated heterocycles. The summed E-state index contributed by atoms with van der Waals surface area (Å²) < 4.78 is 0. The number of aliphatic hydroxyl groups is 1. The Balaban J connectivity index is 2.40. The molecule has 1 aliphatic rings. The van der Waals surface area contributed by atoms with Crippen molar-refractivity contribution in [1.82, 2.24) is 4.90 Å². The van der Waals surface area contributed by atoms with Gasteiger partial charge in [-0.25, -0.2) is 0 Å². The first-order chi connectivity index (χ1) is 7.63. The molecule has 1 unspecified atom stereocenters. The molecule has 0 spiro atoms. The molecular weight excluding hydrogens is 200 g/mol. The first-order valence-corrected chi connectivity index (χ1v) is 6.75. The number of rotatable bonds is 7. The normalized spacial score (nSPS) is 19.9. The highest BCUT2D eigenvalue weighted by molar-refractivity contribution is 4.79. The van der Waals surface area contributed by atoms with Crippen LogP contribution in [-0.2, 0) is 0 Å². The van der Waals surface area contributed by atoms with Gasteiger partial charge in [-0.15, -0.1) is 0 Å². The summed E-state index contributed by atoms with van der Waals surface area (Å²) in [4.78, 5) is 2.46. The van der Waals surface area contributed by atoms with Crippen molar-refractivity contribution in [2.24, 2.45) is 11.7 Å². The Morgan fingerprint density at radius 1 is 1.31 bits per heavy atom. The molecular formula is C13H28N2O. The van der Waals surface area contributed by atoms with Crippen molar-refractivity contribution >= 4 is 0 Å². The Kier molecular flexibility index (Phi) is 6.32. The summed E-state index contributed by atoms with van der Waals surface area (Å²) >= 11 is 0. The fourth-order valence-corrected chi connectivity index (χ4v) is 2.46. The lowest BCUT2D eigenvalue weighted by atomic mass is 10.1. The summed E-state index contributed by atoms with van der Waals surface area (Å²) in [5, 5.41) is 9.69. The number of nitrogens with two attached hydrogens (primary N) is 1. The molecule has 3 nitrogen and oxygen atoms in total. The molecule has 0 radical (unpaired) electrons. The van der Waals surface area contributed by atoms with E-state index in [2.05, 4.69) is 18.7 Å². The molecule has 3 N–H and O–H groups in total. The molecule has 1 fully saturated rings. The lowest BCUT2D eigenvalue weighted by Gasteiger charge is -2.31. The standard InChI is InChI=1S/C13H28N2O/c1-11(2)7-8-15(10-13(16)9-14)12-5-3-4-6-12/h11-13,16H,3-10,14H2,1-2H3. The molecule has 3 heteroatoms. The Morgan fingerprint density at radius 2 is 1.94 bits per heavy atom. The highest BCUT2D eigenvalue weighted by Crippen LogP contribution is 2.24. The summed E-state index contributed by atoms with van der Waals surface area (Å²) in [5.41, 5.74) is 5.50. The predicted molar refractivity (Wildman–Crippen MR) is 68.3 cm³/mol. The average molecular weight is 228 g/mol. The van der Waals surface area contributed by atoms with Gasteiger partial charge in [0.25, 0.3) is 0 Å². The predicted octanol–water partition coefficient (Wildman–Crippen LogP) is 1.60. The van der Waals surface area contributed by atoms with Crippen LogP contribution in [0.3, 0.4) is 0 Å². The zero-order valence-corrected chi connectivity index (χ0v) is 10.9. The highest BCUT2D eigenvalue weighted by atomic mass is 16.3. The zero-order chi connectivity index (χ0) is 12.0. The van der Waals surface area contributed by atoms with E-state index in [0.29, 0.717) is 12.6 Å². The largest absolute Gasteiger partial charge is 0.390 e. The van der Waals surface area contributed by atoms with Gasteiger partial charge in [0.2, 0.25) is 0 Å². The third-order valence-corrected chi connectivity index (χ3v) is 3.55. The fourth-order valence-electron chi connectivity index (χ4n) is 2.46. The second-order valence-corrected chi connectivity index (χ2v) is 5.51. The number of hydrogen-bond acceptors (Lipinski definition) is 3. The molecule has 0 amide bonds. The van der Waals surface area contributed by atoms with Crippen molar-refractivity contribution < 1.29 is 5.11 Å². The van der Waals surface area contributed by atoms with Gasteiger partial charge in [0.15, 0.2) is 0 Å². The number of nitrogens with zero attached hydrogens (tertiary/aromatic N) is 1. The van der Waals surface area contributed by atoms with E-state index in [1.165, 1.54) is 32.1 Å². The van der Waals surface area contributed by atoms with Crippen LogP contribution in [0.5, 0.6) is 0 Å². The van der Waals surface area contributed by atoms with Gasteiger partial charge in [-0.05, 0) is 31.7 Å². The molecule has 96 valence electrons. The topological polar surface area (TPSA) is 49.5 Å². The molecule has 0 bridgehead atoms. The van der Waals surface area contributed by atoms with Crippen LogP contribution in [0.15, 0.2) is 0 Å². The summed E-state index contributed by atoms with van der Waals surface area (Å²) in [6, 6.07) is 0.694. The van der Waals surface area contributed by atoms with E-state index in [1.807, 2.05) is 0 Å². The average Bonchev–Trinajstić information content (AvgIpc) is 2.76. The maximum atomic E-state index is 9.69. The van der Waals surface area contributed by atoms with Crippen molar-refractivity contribution in [3.63, 3.8) is 0 Å². The van der Waals surface area contributed by atoms with Crippen LogP contribution in [0.25, 0.3) is 0 Å². The van der Waals surface area contributed by atoms with Gasteiger partial charge in [-0.1, -0.05) is 26.7 Å². The molecule has 1 saturated carbocycles. The van der Waals surface area contributed by atoms with E-state index in [0.717, 1.165) is 19.0 Å². The van der Waals surface area contributed by atoms with Crippen LogP contribution in [0.2, 0.25) is 0 Å². The Labute approximate surface area is 100 Å². The van der Waals surface area contributed by atoms with Gasteiger partial charge < -0.3 is 10.8 Å². The Hall–Kier alpha value is -0.120. The van der Waals surface area contributed by atoms with Crippen LogP contribution in [0.1, 0.15) is 46.0 Å². The van der Waals surface area contributed by atoms with Crippen molar-refractivity contribution in [3.05, 3.63) is 0 Å². The fraction of sp³-hybridized carbons (Fsp3) is 1.00. The second-order valence-electron chi connectivity index (χ2n) is 5.51. The summed E-state index contributed by atoms with van der Waals surface area (Å²) in [6.45, 7) is 6.76. The third-order valence-electron chi connectivity index (χ3n) is 3.55. The van der Waals surface area contributed by atoms with Gasteiger partial charge in [-0.2, -0.15) is 0 Å².